The molecule has 0 unspecified atom stereocenters. The van der Waals surface area contributed by atoms with E-state index in [9.17, 15) is 14.4 Å². The highest BCUT2D eigenvalue weighted by atomic mass is 16.5. The molecular weight excluding hydrogens is 238 g/mol. The molecule has 2 atom stereocenters. The van der Waals surface area contributed by atoms with Crippen molar-refractivity contribution in [2.45, 2.75) is 31.8 Å². The van der Waals surface area contributed by atoms with Crippen molar-refractivity contribution in [1.82, 2.24) is 5.32 Å². The molecule has 0 aromatic carbocycles. The number of hydrogen-bond acceptors (Lipinski definition) is 5. The molecule has 0 fully saturated rings. The molecule has 0 saturated heterocycles. The van der Waals surface area contributed by atoms with Crippen LogP contribution in [0.15, 0.2) is 12.7 Å². The second-order valence-electron chi connectivity index (χ2n) is 3.76. The van der Waals surface area contributed by atoms with Crippen LogP contribution in [0, 0.1) is 0 Å². The van der Waals surface area contributed by atoms with E-state index in [0.29, 0.717) is 0 Å². The van der Waals surface area contributed by atoms with Gasteiger partial charge in [0.05, 0.1) is 6.04 Å². The summed E-state index contributed by atoms with van der Waals surface area (Å²) in [7, 11) is 0. The first-order chi connectivity index (χ1) is 8.38. The number of carbonyl (C=O) groups excluding carboxylic acids is 3. The van der Waals surface area contributed by atoms with Gasteiger partial charge >= 0.3 is 5.97 Å². The van der Waals surface area contributed by atoms with Gasteiger partial charge in [-0.25, -0.2) is 0 Å². The van der Waals surface area contributed by atoms with E-state index in [4.69, 9.17) is 16.2 Å². The second-order valence-corrected chi connectivity index (χ2v) is 3.76. The molecular formula is C11H19N3O4. The molecule has 5 N–H and O–H groups in total. The Hall–Kier alpha value is -1.89. The monoisotopic (exact) mass is 257 g/mol. The molecule has 0 bridgehead atoms. The largest absolute Gasteiger partial charge is 0.461 e. The first kappa shape index (κ1) is 16.1. The van der Waals surface area contributed by atoms with Gasteiger partial charge in [-0.3, -0.25) is 14.4 Å². The topological polar surface area (TPSA) is 125 Å². The Morgan fingerprint density at radius 2 is 2.06 bits per heavy atom. The Balaban J connectivity index is 4.21. The lowest BCUT2D eigenvalue weighted by atomic mass is 10.1. The van der Waals surface area contributed by atoms with Crippen molar-refractivity contribution in [2.75, 3.05) is 6.61 Å². The average Bonchev–Trinajstić information content (AvgIpc) is 2.30. The zero-order chi connectivity index (χ0) is 14.1. The zero-order valence-corrected chi connectivity index (χ0v) is 10.3. The van der Waals surface area contributed by atoms with Crippen molar-refractivity contribution in [2.24, 2.45) is 11.5 Å². The van der Waals surface area contributed by atoms with E-state index in [1.165, 1.54) is 13.0 Å². The van der Waals surface area contributed by atoms with E-state index >= 15 is 0 Å². The number of esters is 1. The summed E-state index contributed by atoms with van der Waals surface area (Å²) < 4.78 is 4.73. The standard InChI is InChI=1S/C11H19N3O4/c1-3-6-18-9(15)5-4-8(10(13)16)14-11(17)7(2)12/h3,7-8H,1,4-6,12H2,2H3,(H2,13,16)(H,14,17)/t7-,8+/m0/s1. The van der Waals surface area contributed by atoms with E-state index in [0.717, 1.165) is 0 Å². The van der Waals surface area contributed by atoms with Gasteiger partial charge in [0.25, 0.3) is 0 Å². The lowest BCUT2D eigenvalue weighted by Crippen LogP contribution is -2.49. The Bertz CT molecular complexity index is 328. The van der Waals surface area contributed by atoms with Crippen LogP contribution in [0.3, 0.4) is 0 Å². The van der Waals surface area contributed by atoms with Crippen LogP contribution in [-0.2, 0) is 19.1 Å². The predicted octanol–water partition coefficient (Wildman–Crippen LogP) is -1.19. The molecule has 0 aromatic rings. The minimum Gasteiger partial charge on any atom is -0.461 e. The lowest BCUT2D eigenvalue weighted by molar-refractivity contribution is -0.143. The average molecular weight is 257 g/mol. The second kappa shape index (κ2) is 8.24. The van der Waals surface area contributed by atoms with Crippen LogP contribution in [0.25, 0.3) is 0 Å². The number of rotatable bonds is 8. The summed E-state index contributed by atoms with van der Waals surface area (Å²) in [6.45, 7) is 4.97. The van der Waals surface area contributed by atoms with E-state index in [1.807, 2.05) is 0 Å². The number of hydrogen-bond donors (Lipinski definition) is 3. The van der Waals surface area contributed by atoms with Crippen molar-refractivity contribution in [3.05, 3.63) is 12.7 Å². The van der Waals surface area contributed by atoms with E-state index in [1.54, 1.807) is 0 Å². The van der Waals surface area contributed by atoms with E-state index in [2.05, 4.69) is 11.9 Å². The number of amides is 2. The molecule has 7 nitrogen and oxygen atoms in total. The van der Waals surface area contributed by atoms with Gasteiger partial charge in [-0.1, -0.05) is 12.7 Å². The minimum atomic E-state index is -0.931. The van der Waals surface area contributed by atoms with Gasteiger partial charge in [0.15, 0.2) is 0 Å². The summed E-state index contributed by atoms with van der Waals surface area (Å²) in [5, 5.41) is 2.36. The Morgan fingerprint density at radius 1 is 1.44 bits per heavy atom. The third-order valence-corrected chi connectivity index (χ3v) is 2.07. The summed E-state index contributed by atoms with van der Waals surface area (Å²) in [5.74, 6) is -1.71. The molecule has 0 radical (unpaired) electrons. The maximum Gasteiger partial charge on any atom is 0.306 e. The number of nitrogens with two attached hydrogens (primary N) is 2. The van der Waals surface area contributed by atoms with Gasteiger partial charge in [-0.2, -0.15) is 0 Å². The summed E-state index contributed by atoms with van der Waals surface area (Å²) in [6, 6.07) is -1.68. The van der Waals surface area contributed by atoms with Crippen molar-refractivity contribution in [3.63, 3.8) is 0 Å². The molecule has 2 amide bonds. The van der Waals surface area contributed by atoms with Crippen LogP contribution in [0.2, 0.25) is 0 Å². The molecule has 0 aliphatic heterocycles. The fourth-order valence-electron chi connectivity index (χ4n) is 1.07. The zero-order valence-electron chi connectivity index (χ0n) is 10.3. The fourth-order valence-corrected chi connectivity index (χ4v) is 1.07. The maximum atomic E-state index is 11.3. The van der Waals surface area contributed by atoms with Crippen LogP contribution in [0.5, 0.6) is 0 Å². The number of carbonyl (C=O) groups is 3. The van der Waals surface area contributed by atoms with Gasteiger partial charge in [0.1, 0.15) is 12.6 Å². The van der Waals surface area contributed by atoms with Crippen LogP contribution >= 0.6 is 0 Å². The van der Waals surface area contributed by atoms with Gasteiger partial charge in [-0.05, 0) is 13.3 Å². The van der Waals surface area contributed by atoms with Gasteiger partial charge in [-0.15, -0.1) is 0 Å². The highest BCUT2D eigenvalue weighted by Crippen LogP contribution is 2.00. The number of primary amides is 1. The first-order valence-corrected chi connectivity index (χ1v) is 5.50. The van der Waals surface area contributed by atoms with E-state index < -0.39 is 29.9 Å². The van der Waals surface area contributed by atoms with Crippen molar-refractivity contribution in [3.8, 4) is 0 Å². The molecule has 0 rings (SSSR count). The highest BCUT2D eigenvalue weighted by Gasteiger charge is 2.21. The minimum absolute atomic E-state index is 0.0271. The molecule has 18 heavy (non-hydrogen) atoms. The quantitative estimate of drug-likeness (QED) is 0.372. The van der Waals surface area contributed by atoms with Crippen molar-refractivity contribution in [1.29, 1.82) is 0 Å². The number of ether oxygens (including phenoxy) is 1. The third-order valence-electron chi connectivity index (χ3n) is 2.07. The van der Waals surface area contributed by atoms with Gasteiger partial charge < -0.3 is 21.5 Å². The summed E-state index contributed by atoms with van der Waals surface area (Å²) >= 11 is 0. The van der Waals surface area contributed by atoms with Crippen LogP contribution in [-0.4, -0.2) is 36.5 Å². The Morgan fingerprint density at radius 3 is 2.50 bits per heavy atom. The summed E-state index contributed by atoms with van der Waals surface area (Å²) in [4.78, 5) is 33.6. The highest BCUT2D eigenvalue weighted by molar-refractivity contribution is 5.89. The Labute approximate surface area is 106 Å². The molecule has 0 aliphatic rings. The molecule has 102 valence electrons. The van der Waals surface area contributed by atoms with E-state index in [-0.39, 0.29) is 19.4 Å². The first-order valence-electron chi connectivity index (χ1n) is 5.50. The molecule has 0 aromatic heterocycles. The Kier molecular flexibility index (Phi) is 7.37. The maximum absolute atomic E-state index is 11.3. The fraction of sp³-hybridized carbons (Fsp3) is 0.545. The van der Waals surface area contributed by atoms with Gasteiger partial charge in [0, 0.05) is 6.42 Å². The normalized spacial score (nSPS) is 13.2. The molecule has 0 spiro atoms. The smallest absolute Gasteiger partial charge is 0.306 e. The van der Waals surface area contributed by atoms with Gasteiger partial charge in [0.2, 0.25) is 11.8 Å². The van der Waals surface area contributed by atoms with Crippen LogP contribution in [0.4, 0.5) is 0 Å². The van der Waals surface area contributed by atoms with Crippen LogP contribution < -0.4 is 16.8 Å². The molecule has 0 aliphatic carbocycles. The summed E-state index contributed by atoms with van der Waals surface area (Å²) in [5.41, 5.74) is 10.4. The predicted molar refractivity (Wildman–Crippen MR) is 65.2 cm³/mol. The lowest BCUT2D eigenvalue weighted by Gasteiger charge is -2.16. The molecule has 7 heteroatoms. The van der Waals surface area contributed by atoms with Crippen LogP contribution in [0.1, 0.15) is 19.8 Å². The SMILES string of the molecule is C=CCOC(=O)CC[C@@H](NC(=O)[C@H](C)N)C(N)=O. The summed E-state index contributed by atoms with van der Waals surface area (Å²) in [6.07, 6.45) is 1.48. The number of nitrogens with one attached hydrogen (secondary N) is 1. The third kappa shape index (κ3) is 6.64. The van der Waals surface area contributed by atoms with Crippen molar-refractivity contribution < 1.29 is 19.1 Å². The van der Waals surface area contributed by atoms with Crippen molar-refractivity contribution >= 4 is 17.8 Å². The molecule has 0 saturated carbocycles. The molecule has 0 heterocycles.